The zero-order valence-corrected chi connectivity index (χ0v) is 18.0. The molecule has 1 amide bonds. The molecule has 0 radical (unpaired) electrons. The number of benzene rings is 2. The molecule has 0 saturated carbocycles. The van der Waals surface area contributed by atoms with Crippen LogP contribution in [0.25, 0.3) is 0 Å². The minimum atomic E-state index is -4.27. The van der Waals surface area contributed by atoms with Crippen molar-refractivity contribution in [3.05, 3.63) is 54.1 Å². The van der Waals surface area contributed by atoms with Crippen molar-refractivity contribution >= 4 is 33.1 Å². The zero-order chi connectivity index (χ0) is 21.8. The molecule has 0 aliphatic carbocycles. The summed E-state index contributed by atoms with van der Waals surface area (Å²) in [5.41, 5.74) is 0.928. The second-order valence-electron chi connectivity index (χ2n) is 6.34. The fraction of sp³-hybridized carbons (Fsp3) is 0.263. The van der Waals surface area contributed by atoms with Crippen LogP contribution in [-0.4, -0.2) is 48.6 Å². The third-order valence-electron chi connectivity index (χ3n) is 3.84. The van der Waals surface area contributed by atoms with E-state index in [1.165, 1.54) is 17.0 Å². The van der Waals surface area contributed by atoms with Gasteiger partial charge in [-0.3, -0.25) is 0 Å². The number of aryl methyl sites for hydroxylation is 1. The van der Waals surface area contributed by atoms with Crippen LogP contribution < -0.4 is 4.74 Å². The molecule has 0 unspecified atom stereocenters. The molecule has 1 atom stereocenters. The first-order valence-electron chi connectivity index (χ1n) is 8.42. The van der Waals surface area contributed by atoms with Crippen LogP contribution in [0.3, 0.4) is 0 Å². The Morgan fingerprint density at radius 2 is 1.62 bits per heavy atom. The topological polar surface area (TPSA) is 116 Å². The highest BCUT2D eigenvalue weighted by Gasteiger charge is 2.43. The van der Waals surface area contributed by atoms with Gasteiger partial charge in [0.2, 0.25) is 0 Å². The molecule has 8 nitrogen and oxygen atoms in total. The summed E-state index contributed by atoms with van der Waals surface area (Å²) in [7, 11) is -4.09. The van der Waals surface area contributed by atoms with Crippen molar-refractivity contribution in [3.63, 3.8) is 0 Å². The Morgan fingerprint density at radius 1 is 1.10 bits per heavy atom. The van der Waals surface area contributed by atoms with E-state index in [1.54, 1.807) is 31.2 Å². The number of amides is 1. The van der Waals surface area contributed by atoms with Crippen LogP contribution in [0.2, 0.25) is 0 Å². The van der Waals surface area contributed by atoms with E-state index >= 15 is 0 Å². The normalized spacial score (nSPS) is 13.9. The maximum atomic E-state index is 11.7. The summed E-state index contributed by atoms with van der Waals surface area (Å²) in [5, 5.41) is 0.978. The number of carbonyl (C=O) groups excluding carboxylic acids is 2. The maximum absolute atomic E-state index is 11.7. The maximum Gasteiger partial charge on any atom is 0.468 e. The van der Waals surface area contributed by atoms with Gasteiger partial charge in [0.15, 0.2) is 10.9 Å². The van der Waals surface area contributed by atoms with E-state index in [0.29, 0.717) is 5.75 Å². The van der Waals surface area contributed by atoms with Crippen molar-refractivity contribution < 1.29 is 32.1 Å². The smallest absolute Gasteiger partial charge is 0.468 e. The number of carbonyl (C=O) groups is 2. The molecule has 2 aromatic carbocycles. The lowest BCUT2D eigenvalue weighted by Gasteiger charge is -2.08. The Bertz CT molecular complexity index is 971. The second-order valence-corrected chi connectivity index (χ2v) is 9.82. The first-order chi connectivity index (χ1) is 13.5. The van der Waals surface area contributed by atoms with Crippen molar-refractivity contribution in [1.82, 2.24) is 5.06 Å². The predicted octanol–water partition coefficient (Wildman–Crippen LogP) is 2.48. The molecule has 1 fully saturated rings. The van der Waals surface area contributed by atoms with Gasteiger partial charge in [-0.05, 0) is 50.2 Å². The van der Waals surface area contributed by atoms with E-state index in [2.05, 4.69) is 17.3 Å². The molecule has 1 saturated heterocycles. The van der Waals surface area contributed by atoms with Gasteiger partial charge in [-0.1, -0.05) is 17.7 Å². The van der Waals surface area contributed by atoms with E-state index in [9.17, 15) is 22.6 Å². The lowest BCUT2D eigenvalue weighted by molar-refractivity contribution is -0.140. The summed E-state index contributed by atoms with van der Waals surface area (Å²) in [6, 6.07) is 12.4. The Kier molecular flexibility index (Phi) is 7.28. The lowest BCUT2D eigenvalue weighted by Crippen LogP contribution is -2.30. The first kappa shape index (κ1) is 22.7. The summed E-state index contributed by atoms with van der Waals surface area (Å²) in [6.45, 7) is 3.37. The molecule has 2 aromatic rings. The van der Waals surface area contributed by atoms with Crippen molar-refractivity contribution in [2.75, 3.05) is 12.5 Å². The van der Waals surface area contributed by atoms with Crippen LogP contribution in [-0.2, 0) is 30.6 Å². The van der Waals surface area contributed by atoms with E-state index in [4.69, 9.17) is 4.74 Å². The van der Waals surface area contributed by atoms with Crippen molar-refractivity contribution in [1.29, 1.82) is 0 Å². The third-order valence-corrected chi connectivity index (χ3v) is 5.90. The Hall–Kier alpha value is -2.56. The summed E-state index contributed by atoms with van der Waals surface area (Å²) in [5.74, 6) is -0.0454. The van der Waals surface area contributed by atoms with Gasteiger partial charge in [0.25, 0.3) is 0 Å². The standard InChI is InChI=1S/C12H14NO4S.C7H8O3S/c1-8(13-12(15)17-13)11(14)16-9-4-6-10(7-5-9)18(2)3;1-6-2-4-7(5-3-6)11(8,9)10/h4-8H,1-3H3;2-5H,1H3,(H,8,9,10)/q+1;/p-1/t8-,13?;/m0./s1. The number of ether oxygens (including phenoxy) is 1. The fourth-order valence-corrected chi connectivity index (χ4v) is 3.23. The number of rotatable bonds is 5. The van der Waals surface area contributed by atoms with E-state index < -0.39 is 28.2 Å². The highest BCUT2D eigenvalue weighted by molar-refractivity contribution is 7.95. The number of nitrogens with zero attached hydrogens (tertiary/aromatic N) is 1. The Morgan fingerprint density at radius 3 is 2.03 bits per heavy atom. The summed E-state index contributed by atoms with van der Waals surface area (Å²) in [6.07, 6.45) is 3.73. The molecule has 1 heterocycles. The van der Waals surface area contributed by atoms with Gasteiger partial charge in [0, 0.05) is 10.9 Å². The minimum Gasteiger partial charge on any atom is -0.744 e. The van der Waals surface area contributed by atoms with Gasteiger partial charge >= 0.3 is 12.1 Å². The number of esters is 1. The van der Waals surface area contributed by atoms with Gasteiger partial charge in [-0.15, -0.1) is 5.06 Å². The highest BCUT2D eigenvalue weighted by Crippen LogP contribution is 2.20. The van der Waals surface area contributed by atoms with Crippen LogP contribution in [0.15, 0.2) is 58.3 Å². The Labute approximate surface area is 172 Å². The van der Waals surface area contributed by atoms with Crippen molar-refractivity contribution in [3.8, 4) is 5.75 Å². The summed E-state index contributed by atoms with van der Waals surface area (Å²) in [4.78, 5) is 27.9. The molecule has 156 valence electrons. The predicted molar refractivity (Wildman–Crippen MR) is 106 cm³/mol. The van der Waals surface area contributed by atoms with Crippen LogP contribution in [0.1, 0.15) is 12.5 Å². The molecule has 0 aromatic heterocycles. The van der Waals surface area contributed by atoms with Gasteiger partial charge in [0.1, 0.15) is 28.4 Å². The molecule has 0 bridgehead atoms. The SMILES string of the molecule is C[C@@H](C(=O)Oc1ccc([S+](C)C)cc1)N1OC1=O.Cc1ccc(S(=O)(=O)[O-])cc1. The molecule has 1 aliphatic heterocycles. The van der Waals surface area contributed by atoms with Gasteiger partial charge in [-0.2, -0.15) is 0 Å². The highest BCUT2D eigenvalue weighted by atomic mass is 32.2. The first-order valence-corrected chi connectivity index (χ1v) is 11.9. The molecule has 29 heavy (non-hydrogen) atoms. The second kappa shape index (κ2) is 9.29. The number of hydrogen-bond acceptors (Lipinski definition) is 7. The van der Waals surface area contributed by atoms with Crippen molar-refractivity contribution in [2.24, 2.45) is 0 Å². The molecule has 1 aliphatic rings. The molecule has 0 spiro atoms. The molecule has 0 N–H and O–H groups in total. The van der Waals surface area contributed by atoms with Crippen LogP contribution >= 0.6 is 0 Å². The molecule has 3 rings (SSSR count). The van der Waals surface area contributed by atoms with Crippen LogP contribution in [0.4, 0.5) is 4.79 Å². The largest absolute Gasteiger partial charge is 0.744 e. The van der Waals surface area contributed by atoms with E-state index in [-0.39, 0.29) is 15.8 Å². The van der Waals surface area contributed by atoms with Gasteiger partial charge < -0.3 is 14.1 Å². The van der Waals surface area contributed by atoms with Crippen LogP contribution in [0, 0.1) is 6.92 Å². The van der Waals surface area contributed by atoms with Crippen LogP contribution in [0.5, 0.6) is 5.75 Å². The lowest BCUT2D eigenvalue weighted by atomic mass is 10.2. The minimum absolute atomic E-state index is 0.176. The van der Waals surface area contributed by atoms with Crippen molar-refractivity contribution in [2.45, 2.75) is 29.7 Å². The summed E-state index contributed by atoms with van der Waals surface area (Å²) >= 11 is 0. The van der Waals surface area contributed by atoms with E-state index in [0.717, 1.165) is 10.6 Å². The molecule has 10 heteroatoms. The summed E-state index contributed by atoms with van der Waals surface area (Å²) < 4.78 is 36.3. The average molecular weight is 440 g/mol. The monoisotopic (exact) mass is 439 g/mol. The van der Waals surface area contributed by atoms with Gasteiger partial charge in [-0.25, -0.2) is 18.0 Å². The molecular weight excluding hydrogens is 418 g/mol. The average Bonchev–Trinajstić information content (AvgIpc) is 3.38. The Balaban J connectivity index is 0.000000234. The number of hydrogen-bond donors (Lipinski definition) is 0. The fourth-order valence-electron chi connectivity index (χ4n) is 2.08. The van der Waals surface area contributed by atoms with E-state index in [1.807, 2.05) is 19.1 Å². The third kappa shape index (κ3) is 6.77. The number of hydroxylamine groups is 2. The quantitative estimate of drug-likeness (QED) is 0.231. The molecular formula is C19H21NO7S2. The zero-order valence-electron chi connectivity index (χ0n) is 16.3. The van der Waals surface area contributed by atoms with Gasteiger partial charge in [0.05, 0.1) is 4.90 Å².